The van der Waals surface area contributed by atoms with E-state index >= 15 is 0 Å². The van der Waals surface area contributed by atoms with Crippen LogP contribution in [-0.4, -0.2) is 36.1 Å². The fourth-order valence-corrected chi connectivity index (χ4v) is 3.50. The quantitative estimate of drug-likeness (QED) is 0.940. The van der Waals surface area contributed by atoms with Gasteiger partial charge in [0.1, 0.15) is 0 Å². The van der Waals surface area contributed by atoms with Gasteiger partial charge >= 0.3 is 0 Å². The Morgan fingerprint density at radius 3 is 3.25 bits per heavy atom. The Hall–Kier alpha value is -1.17. The number of thiazole rings is 1. The minimum absolute atomic E-state index is 0.666. The van der Waals surface area contributed by atoms with Gasteiger partial charge in [-0.15, -0.1) is 11.3 Å². The predicted octanol–water partition coefficient (Wildman–Crippen LogP) is 2.98. The van der Waals surface area contributed by atoms with E-state index in [-0.39, 0.29) is 0 Å². The number of aromatic nitrogens is 1. The topological polar surface area (TPSA) is 41.3 Å². The fraction of sp³-hybridized carbons (Fsp3) is 0.533. The van der Waals surface area contributed by atoms with Crippen LogP contribution >= 0.6 is 11.3 Å². The highest BCUT2D eigenvalue weighted by molar-refractivity contribution is 7.13. The number of furan rings is 1. The molecule has 0 spiro atoms. The van der Waals surface area contributed by atoms with E-state index in [0.29, 0.717) is 6.04 Å². The first kappa shape index (κ1) is 13.8. The number of nitrogens with one attached hydrogen (secondary N) is 1. The normalized spacial score (nSPS) is 20.2. The summed E-state index contributed by atoms with van der Waals surface area (Å²) in [4.78, 5) is 7.12. The van der Waals surface area contributed by atoms with Gasteiger partial charge in [-0.3, -0.25) is 4.90 Å². The molecule has 2 aromatic heterocycles. The maximum Gasteiger partial charge on any atom is 0.162 e. The summed E-state index contributed by atoms with van der Waals surface area (Å²) in [6.07, 6.45) is 5.47. The minimum Gasteiger partial charge on any atom is -0.462 e. The van der Waals surface area contributed by atoms with Gasteiger partial charge in [-0.1, -0.05) is 0 Å². The molecule has 1 unspecified atom stereocenters. The van der Waals surface area contributed by atoms with Crippen molar-refractivity contribution in [1.29, 1.82) is 0 Å². The first-order valence-electron chi connectivity index (χ1n) is 7.22. The van der Waals surface area contributed by atoms with Crippen LogP contribution in [0.25, 0.3) is 10.8 Å². The van der Waals surface area contributed by atoms with Crippen molar-refractivity contribution >= 4 is 11.3 Å². The van der Waals surface area contributed by atoms with E-state index in [4.69, 9.17) is 4.42 Å². The van der Waals surface area contributed by atoms with Gasteiger partial charge in [0.15, 0.2) is 10.8 Å². The van der Waals surface area contributed by atoms with Crippen LogP contribution in [0.2, 0.25) is 0 Å². The van der Waals surface area contributed by atoms with Crippen LogP contribution in [0.15, 0.2) is 28.2 Å². The Labute approximate surface area is 123 Å². The summed E-state index contributed by atoms with van der Waals surface area (Å²) in [5.41, 5.74) is 1.14. The molecule has 0 amide bonds. The van der Waals surface area contributed by atoms with Gasteiger partial charge in [0.2, 0.25) is 0 Å². The predicted molar refractivity (Wildman–Crippen MR) is 81.8 cm³/mol. The third kappa shape index (κ3) is 3.29. The Morgan fingerprint density at radius 1 is 1.45 bits per heavy atom. The van der Waals surface area contributed by atoms with Crippen LogP contribution in [0.3, 0.4) is 0 Å². The lowest BCUT2D eigenvalue weighted by Gasteiger charge is -2.25. The molecule has 0 aliphatic carbocycles. The van der Waals surface area contributed by atoms with E-state index in [1.54, 1.807) is 17.6 Å². The zero-order valence-electron chi connectivity index (χ0n) is 11.8. The van der Waals surface area contributed by atoms with E-state index in [2.05, 4.69) is 27.6 Å². The smallest absolute Gasteiger partial charge is 0.162 e. The zero-order chi connectivity index (χ0) is 13.8. The third-order valence-electron chi connectivity index (χ3n) is 3.86. The number of hydrogen-bond acceptors (Lipinski definition) is 5. The Morgan fingerprint density at radius 2 is 2.40 bits per heavy atom. The van der Waals surface area contributed by atoms with Crippen molar-refractivity contribution in [3.05, 3.63) is 29.5 Å². The van der Waals surface area contributed by atoms with Crippen molar-refractivity contribution in [2.75, 3.05) is 20.1 Å². The molecule has 2 aromatic rings. The van der Waals surface area contributed by atoms with E-state index < -0.39 is 0 Å². The fourth-order valence-electron chi connectivity index (χ4n) is 2.72. The molecule has 3 heterocycles. The molecule has 5 heteroatoms. The van der Waals surface area contributed by atoms with Crippen LogP contribution in [0.4, 0.5) is 0 Å². The molecule has 4 nitrogen and oxygen atoms in total. The summed E-state index contributed by atoms with van der Waals surface area (Å²) in [5, 5.41) is 6.58. The molecule has 1 aliphatic heterocycles. The SMILES string of the molecule is CN(Cc1csc(-c2ccco2)n1)C1CCCNCC1. The summed E-state index contributed by atoms with van der Waals surface area (Å²) in [5.74, 6) is 0.863. The van der Waals surface area contributed by atoms with Gasteiger partial charge in [-0.25, -0.2) is 4.98 Å². The van der Waals surface area contributed by atoms with Gasteiger partial charge < -0.3 is 9.73 Å². The third-order valence-corrected chi connectivity index (χ3v) is 4.77. The van der Waals surface area contributed by atoms with Crippen LogP contribution in [0.1, 0.15) is 25.0 Å². The molecule has 20 heavy (non-hydrogen) atoms. The Balaban J connectivity index is 1.62. The average molecular weight is 291 g/mol. The second-order valence-corrected chi connectivity index (χ2v) is 6.23. The molecule has 1 saturated heterocycles. The van der Waals surface area contributed by atoms with Crippen LogP contribution in [0, 0.1) is 0 Å². The molecule has 0 radical (unpaired) electrons. The van der Waals surface area contributed by atoms with Crippen molar-refractivity contribution in [2.24, 2.45) is 0 Å². The highest BCUT2D eigenvalue weighted by Gasteiger charge is 2.18. The molecule has 3 rings (SSSR count). The molecule has 0 aromatic carbocycles. The highest BCUT2D eigenvalue weighted by atomic mass is 32.1. The lowest BCUT2D eigenvalue weighted by Crippen LogP contribution is -2.32. The summed E-state index contributed by atoms with van der Waals surface area (Å²) < 4.78 is 5.40. The molecule has 0 saturated carbocycles. The Bertz CT molecular complexity index is 515. The minimum atomic E-state index is 0.666. The summed E-state index contributed by atoms with van der Waals surface area (Å²) in [6.45, 7) is 3.20. The van der Waals surface area contributed by atoms with Crippen LogP contribution < -0.4 is 5.32 Å². The number of nitrogens with zero attached hydrogens (tertiary/aromatic N) is 2. The van der Waals surface area contributed by atoms with Gasteiger partial charge in [0.05, 0.1) is 12.0 Å². The zero-order valence-corrected chi connectivity index (χ0v) is 12.7. The number of hydrogen-bond donors (Lipinski definition) is 1. The second-order valence-electron chi connectivity index (χ2n) is 5.37. The Kier molecular flexibility index (Phi) is 4.50. The standard InChI is InChI=1S/C15H21N3OS/c1-18(13-4-2-7-16-8-6-13)10-12-11-20-15(17-12)14-5-3-9-19-14/h3,5,9,11,13,16H,2,4,6-8,10H2,1H3. The lowest BCUT2D eigenvalue weighted by atomic mass is 10.1. The largest absolute Gasteiger partial charge is 0.462 e. The van der Waals surface area contributed by atoms with Gasteiger partial charge in [0, 0.05) is 18.0 Å². The molecular weight excluding hydrogens is 270 g/mol. The van der Waals surface area contributed by atoms with E-state index in [1.165, 1.54) is 19.3 Å². The van der Waals surface area contributed by atoms with Crippen LogP contribution in [-0.2, 0) is 6.54 Å². The molecule has 1 aliphatic rings. The molecule has 108 valence electrons. The molecular formula is C15H21N3OS. The summed E-state index contributed by atoms with van der Waals surface area (Å²) in [6, 6.07) is 4.53. The maximum atomic E-state index is 5.40. The van der Waals surface area contributed by atoms with E-state index in [9.17, 15) is 0 Å². The lowest BCUT2D eigenvalue weighted by molar-refractivity contribution is 0.214. The van der Waals surface area contributed by atoms with Gasteiger partial charge in [-0.05, 0) is 51.5 Å². The van der Waals surface area contributed by atoms with Crippen molar-refractivity contribution in [3.8, 4) is 10.8 Å². The molecule has 1 fully saturated rings. The monoisotopic (exact) mass is 291 g/mol. The molecule has 0 bridgehead atoms. The first-order valence-corrected chi connectivity index (χ1v) is 8.10. The summed E-state index contributed by atoms with van der Waals surface area (Å²) >= 11 is 1.66. The first-order chi connectivity index (χ1) is 9.83. The second kappa shape index (κ2) is 6.52. The van der Waals surface area contributed by atoms with Crippen molar-refractivity contribution < 1.29 is 4.42 Å². The maximum absolute atomic E-state index is 5.40. The summed E-state index contributed by atoms with van der Waals surface area (Å²) in [7, 11) is 2.21. The van der Waals surface area contributed by atoms with E-state index in [1.807, 2.05) is 12.1 Å². The highest BCUT2D eigenvalue weighted by Crippen LogP contribution is 2.25. The molecule has 1 atom stereocenters. The van der Waals surface area contributed by atoms with E-state index in [0.717, 1.165) is 36.1 Å². The van der Waals surface area contributed by atoms with Crippen molar-refractivity contribution in [3.63, 3.8) is 0 Å². The molecule has 1 N–H and O–H groups in total. The van der Waals surface area contributed by atoms with Crippen molar-refractivity contribution in [2.45, 2.75) is 31.8 Å². The van der Waals surface area contributed by atoms with Gasteiger partial charge in [-0.2, -0.15) is 0 Å². The van der Waals surface area contributed by atoms with Gasteiger partial charge in [0.25, 0.3) is 0 Å². The average Bonchev–Trinajstić information content (AvgIpc) is 3.05. The van der Waals surface area contributed by atoms with Crippen LogP contribution in [0.5, 0.6) is 0 Å². The van der Waals surface area contributed by atoms with Crippen molar-refractivity contribution in [1.82, 2.24) is 15.2 Å². The number of rotatable bonds is 4.